The van der Waals surface area contributed by atoms with Crippen molar-refractivity contribution in [1.29, 1.82) is 0 Å². The zero-order valence-electron chi connectivity index (χ0n) is 7.00. The fraction of sp³-hybridized carbons (Fsp3) is 0.300. The van der Waals surface area contributed by atoms with E-state index in [1.165, 1.54) is 0 Å². The lowest BCUT2D eigenvalue weighted by atomic mass is 10.2. The summed E-state index contributed by atoms with van der Waals surface area (Å²) in [7, 11) is 0. The van der Waals surface area contributed by atoms with Gasteiger partial charge in [0.25, 0.3) is 0 Å². The maximum atomic E-state index is 10.6. The van der Waals surface area contributed by atoms with Gasteiger partial charge in [-0.2, -0.15) is 0 Å². The van der Waals surface area contributed by atoms with Gasteiger partial charge in [-0.3, -0.25) is 4.79 Å². The summed E-state index contributed by atoms with van der Waals surface area (Å²) in [6, 6.07) is 5.04. The van der Waals surface area contributed by atoms with Crippen LogP contribution in [0.1, 0.15) is 23.2 Å². The molecule has 2 rings (SSSR count). The molecule has 3 heteroatoms. The minimum absolute atomic E-state index is 0.289. The molecule has 13 heavy (non-hydrogen) atoms. The highest BCUT2D eigenvalue weighted by atomic mass is 35.5. The first-order chi connectivity index (χ1) is 6.29. The lowest BCUT2D eigenvalue weighted by molar-refractivity contribution is 0.111. The first-order valence-corrected chi connectivity index (χ1v) is 4.59. The van der Waals surface area contributed by atoms with E-state index in [0.717, 1.165) is 19.1 Å². The van der Waals surface area contributed by atoms with E-state index in [9.17, 15) is 4.79 Å². The first-order valence-electron chi connectivity index (χ1n) is 4.21. The Morgan fingerprint density at radius 3 is 2.85 bits per heavy atom. The minimum Gasteiger partial charge on any atom is -0.490 e. The standard InChI is InChI=1S/C10H9ClO2/c11-8-2-1-7(6-12)10(5-8)13-9-3-4-9/h1-2,5-6,9H,3-4H2. The third kappa shape index (κ3) is 2.01. The lowest BCUT2D eigenvalue weighted by Crippen LogP contribution is -1.98. The molecule has 0 atom stereocenters. The van der Waals surface area contributed by atoms with E-state index in [-0.39, 0.29) is 6.10 Å². The minimum atomic E-state index is 0.289. The van der Waals surface area contributed by atoms with E-state index in [1.54, 1.807) is 18.2 Å². The van der Waals surface area contributed by atoms with Crippen LogP contribution in [0.15, 0.2) is 18.2 Å². The third-order valence-electron chi connectivity index (χ3n) is 1.92. The third-order valence-corrected chi connectivity index (χ3v) is 2.16. The van der Waals surface area contributed by atoms with E-state index in [4.69, 9.17) is 16.3 Å². The number of hydrogen-bond acceptors (Lipinski definition) is 2. The van der Waals surface area contributed by atoms with Crippen LogP contribution in [-0.4, -0.2) is 12.4 Å². The molecule has 1 aromatic carbocycles. The van der Waals surface area contributed by atoms with Crippen LogP contribution in [0.25, 0.3) is 0 Å². The SMILES string of the molecule is O=Cc1ccc(Cl)cc1OC1CC1. The number of aldehydes is 1. The van der Waals surface area contributed by atoms with Gasteiger partial charge in [-0.1, -0.05) is 11.6 Å². The second kappa shape index (κ2) is 3.38. The van der Waals surface area contributed by atoms with E-state index >= 15 is 0 Å². The molecule has 1 aromatic rings. The number of rotatable bonds is 3. The van der Waals surface area contributed by atoms with Gasteiger partial charge in [0.05, 0.1) is 11.7 Å². The molecule has 0 bridgehead atoms. The molecule has 0 heterocycles. The molecule has 0 saturated heterocycles. The summed E-state index contributed by atoms with van der Waals surface area (Å²) in [5, 5.41) is 0.598. The molecule has 0 aliphatic heterocycles. The van der Waals surface area contributed by atoms with E-state index < -0.39 is 0 Å². The first kappa shape index (κ1) is 8.57. The molecule has 1 saturated carbocycles. The highest BCUT2D eigenvalue weighted by Crippen LogP contribution is 2.30. The van der Waals surface area contributed by atoms with Crippen molar-refractivity contribution in [1.82, 2.24) is 0 Å². The summed E-state index contributed by atoms with van der Waals surface area (Å²) in [6.45, 7) is 0. The second-order valence-corrected chi connectivity index (χ2v) is 3.55. The van der Waals surface area contributed by atoms with E-state index in [2.05, 4.69) is 0 Å². The van der Waals surface area contributed by atoms with E-state index in [1.807, 2.05) is 0 Å². The van der Waals surface area contributed by atoms with Crippen molar-refractivity contribution in [2.24, 2.45) is 0 Å². The summed E-state index contributed by atoms with van der Waals surface area (Å²) in [6.07, 6.45) is 3.22. The van der Waals surface area contributed by atoms with E-state index in [0.29, 0.717) is 16.3 Å². The number of ether oxygens (including phenoxy) is 1. The van der Waals surface area contributed by atoms with Crippen molar-refractivity contribution in [3.8, 4) is 5.75 Å². The molecule has 0 aromatic heterocycles. The largest absolute Gasteiger partial charge is 0.490 e. The maximum Gasteiger partial charge on any atom is 0.153 e. The molecule has 0 radical (unpaired) electrons. The zero-order chi connectivity index (χ0) is 9.26. The van der Waals surface area contributed by atoms with Gasteiger partial charge in [-0.15, -0.1) is 0 Å². The molecular weight excluding hydrogens is 188 g/mol. The smallest absolute Gasteiger partial charge is 0.153 e. The molecule has 1 aliphatic carbocycles. The van der Waals surface area contributed by atoms with Crippen LogP contribution in [0.4, 0.5) is 0 Å². The Bertz CT molecular complexity index is 332. The quantitative estimate of drug-likeness (QED) is 0.695. The molecule has 0 amide bonds. The molecule has 2 nitrogen and oxygen atoms in total. The molecule has 1 fully saturated rings. The predicted molar refractivity (Wildman–Crippen MR) is 50.5 cm³/mol. The molecule has 0 spiro atoms. The molecule has 0 N–H and O–H groups in total. The normalized spacial score (nSPS) is 15.5. The van der Waals surface area contributed by atoms with Gasteiger partial charge in [0.2, 0.25) is 0 Å². The molecule has 68 valence electrons. The van der Waals surface area contributed by atoms with Crippen molar-refractivity contribution in [2.75, 3.05) is 0 Å². The van der Waals surface area contributed by atoms with Crippen LogP contribution in [0, 0.1) is 0 Å². The zero-order valence-corrected chi connectivity index (χ0v) is 7.75. The summed E-state index contributed by atoms with van der Waals surface area (Å²) in [4.78, 5) is 10.6. The summed E-state index contributed by atoms with van der Waals surface area (Å²) >= 11 is 5.78. The van der Waals surface area contributed by atoms with Gasteiger partial charge in [0.15, 0.2) is 6.29 Å². The van der Waals surface area contributed by atoms with Gasteiger partial charge in [0, 0.05) is 5.02 Å². The Morgan fingerprint density at radius 2 is 2.23 bits per heavy atom. The topological polar surface area (TPSA) is 26.3 Å². The van der Waals surface area contributed by atoms with Crippen molar-refractivity contribution >= 4 is 17.9 Å². The van der Waals surface area contributed by atoms with Crippen LogP contribution in [0.5, 0.6) is 5.75 Å². The second-order valence-electron chi connectivity index (χ2n) is 3.12. The summed E-state index contributed by atoms with van der Waals surface area (Å²) < 4.78 is 5.51. The van der Waals surface area contributed by atoms with Crippen LogP contribution >= 0.6 is 11.6 Å². The number of carbonyl (C=O) groups excluding carboxylic acids is 1. The van der Waals surface area contributed by atoms with Crippen molar-refractivity contribution < 1.29 is 9.53 Å². The average molecular weight is 197 g/mol. The van der Waals surface area contributed by atoms with Crippen LogP contribution in [0.3, 0.4) is 0 Å². The highest BCUT2D eigenvalue weighted by molar-refractivity contribution is 6.30. The molecular formula is C10H9ClO2. The number of carbonyl (C=O) groups is 1. The summed E-state index contributed by atoms with van der Waals surface area (Å²) in [5.74, 6) is 0.602. The number of benzene rings is 1. The fourth-order valence-corrected chi connectivity index (χ4v) is 1.24. The van der Waals surface area contributed by atoms with Gasteiger partial charge in [-0.25, -0.2) is 0 Å². The Hall–Kier alpha value is -1.02. The van der Waals surface area contributed by atoms with Gasteiger partial charge >= 0.3 is 0 Å². The van der Waals surface area contributed by atoms with Crippen LogP contribution in [-0.2, 0) is 0 Å². The number of hydrogen-bond donors (Lipinski definition) is 0. The van der Waals surface area contributed by atoms with Crippen molar-refractivity contribution in [3.05, 3.63) is 28.8 Å². The van der Waals surface area contributed by atoms with Crippen LogP contribution in [0.2, 0.25) is 5.02 Å². The average Bonchev–Trinajstić information content (AvgIpc) is 2.89. The van der Waals surface area contributed by atoms with Gasteiger partial charge < -0.3 is 4.74 Å². The maximum absolute atomic E-state index is 10.6. The Morgan fingerprint density at radius 1 is 1.46 bits per heavy atom. The molecule has 0 unspecified atom stereocenters. The number of halogens is 1. The Labute approximate surface area is 81.5 Å². The van der Waals surface area contributed by atoms with Gasteiger partial charge in [-0.05, 0) is 31.0 Å². The van der Waals surface area contributed by atoms with Crippen molar-refractivity contribution in [3.63, 3.8) is 0 Å². The van der Waals surface area contributed by atoms with Crippen LogP contribution < -0.4 is 4.74 Å². The lowest BCUT2D eigenvalue weighted by Gasteiger charge is -2.06. The predicted octanol–water partition coefficient (Wildman–Crippen LogP) is 2.69. The Kier molecular flexibility index (Phi) is 2.23. The fourth-order valence-electron chi connectivity index (χ4n) is 1.07. The van der Waals surface area contributed by atoms with Crippen molar-refractivity contribution in [2.45, 2.75) is 18.9 Å². The summed E-state index contributed by atoms with van der Waals surface area (Å²) in [5.41, 5.74) is 0.566. The molecule has 1 aliphatic rings. The van der Waals surface area contributed by atoms with Gasteiger partial charge in [0.1, 0.15) is 5.75 Å². The highest BCUT2D eigenvalue weighted by Gasteiger charge is 2.24. The monoisotopic (exact) mass is 196 g/mol. The Balaban J connectivity index is 2.27.